The minimum Gasteiger partial charge on any atom is -0.428 e. The summed E-state index contributed by atoms with van der Waals surface area (Å²) >= 11 is 0. The van der Waals surface area contributed by atoms with Crippen molar-refractivity contribution >= 4 is 11.8 Å². The van der Waals surface area contributed by atoms with E-state index in [1.54, 1.807) is 7.11 Å². The summed E-state index contributed by atoms with van der Waals surface area (Å²) in [5.41, 5.74) is -0.0937. The highest BCUT2D eigenvalue weighted by atomic mass is 16.8. The zero-order valence-corrected chi connectivity index (χ0v) is 12.2. The lowest BCUT2D eigenvalue weighted by molar-refractivity contribution is -0.384. The van der Waals surface area contributed by atoms with Crippen LogP contribution in [0.25, 0.3) is 0 Å². The van der Waals surface area contributed by atoms with Gasteiger partial charge in [-0.3, -0.25) is 10.1 Å². The number of nitrogens with zero attached hydrogens (tertiary/aromatic N) is 1. The van der Waals surface area contributed by atoms with Crippen LogP contribution >= 0.6 is 0 Å². The van der Waals surface area contributed by atoms with Gasteiger partial charge in [-0.05, 0) is 12.1 Å². The molecule has 1 unspecified atom stereocenters. The number of nitro benzene ring substituents is 1. The second-order valence-corrected chi connectivity index (χ2v) is 5.15. The lowest BCUT2D eigenvalue weighted by Crippen LogP contribution is -2.35. The van der Waals surface area contributed by atoms with Crippen molar-refractivity contribution in [2.45, 2.75) is 18.5 Å². The van der Waals surface area contributed by atoms with E-state index < -0.39 is 23.5 Å². The Morgan fingerprint density at radius 3 is 2.48 bits per heavy atom. The SMILES string of the molecule is CO[C@@H]1CO[C@@H]2OC[C@H](OC(=O)Oc3ccc([N+](=O)[O-])cc3)C21. The monoisotopic (exact) mass is 325 g/mol. The summed E-state index contributed by atoms with van der Waals surface area (Å²) in [6, 6.07) is 5.13. The first-order valence-corrected chi connectivity index (χ1v) is 6.97. The molecule has 4 atom stereocenters. The standard InChI is InChI=1S/C14H15NO8/c1-19-10-6-20-13-12(10)11(7-21-13)23-14(16)22-9-4-2-8(3-5-9)15(17)18/h2-5,10-13H,6-7H2,1H3/t10-,11+,12?,13-/m1/s1. The second-order valence-electron chi connectivity index (χ2n) is 5.15. The average Bonchev–Trinajstić information content (AvgIpc) is 3.10. The van der Waals surface area contributed by atoms with Crippen molar-refractivity contribution < 1.29 is 33.4 Å². The molecule has 2 aliphatic heterocycles. The lowest BCUT2D eigenvalue weighted by Gasteiger charge is -2.20. The average molecular weight is 325 g/mol. The van der Waals surface area contributed by atoms with Gasteiger partial charge in [-0.2, -0.15) is 0 Å². The fraction of sp³-hybridized carbons (Fsp3) is 0.500. The van der Waals surface area contributed by atoms with Gasteiger partial charge < -0.3 is 23.7 Å². The van der Waals surface area contributed by atoms with Gasteiger partial charge in [0.15, 0.2) is 6.29 Å². The van der Waals surface area contributed by atoms with Gasteiger partial charge in [-0.1, -0.05) is 0 Å². The smallest absolute Gasteiger partial charge is 0.428 e. The van der Waals surface area contributed by atoms with Crippen molar-refractivity contribution in [1.82, 2.24) is 0 Å². The van der Waals surface area contributed by atoms with E-state index in [9.17, 15) is 14.9 Å². The van der Waals surface area contributed by atoms with Gasteiger partial charge in [0.1, 0.15) is 11.9 Å². The summed E-state index contributed by atoms with van der Waals surface area (Å²) in [4.78, 5) is 21.9. The summed E-state index contributed by atoms with van der Waals surface area (Å²) in [6.07, 6.45) is -2.09. The van der Waals surface area contributed by atoms with Gasteiger partial charge in [0, 0.05) is 19.2 Å². The van der Waals surface area contributed by atoms with Crippen molar-refractivity contribution in [3.63, 3.8) is 0 Å². The van der Waals surface area contributed by atoms with Crippen molar-refractivity contribution in [2.75, 3.05) is 20.3 Å². The van der Waals surface area contributed by atoms with Crippen LogP contribution in [-0.4, -0.2) is 49.9 Å². The molecule has 0 N–H and O–H groups in total. The summed E-state index contributed by atoms with van der Waals surface area (Å²) in [6.45, 7) is 0.577. The molecule has 0 aliphatic carbocycles. The van der Waals surface area contributed by atoms with Gasteiger partial charge in [0.25, 0.3) is 5.69 Å². The molecule has 0 aromatic heterocycles. The third-order valence-electron chi connectivity index (χ3n) is 3.82. The minimum atomic E-state index is -0.908. The van der Waals surface area contributed by atoms with E-state index in [-0.39, 0.29) is 30.1 Å². The van der Waals surface area contributed by atoms with E-state index in [0.717, 1.165) is 0 Å². The van der Waals surface area contributed by atoms with Crippen LogP contribution in [0.4, 0.5) is 10.5 Å². The second kappa shape index (κ2) is 6.49. The zero-order chi connectivity index (χ0) is 16.4. The first kappa shape index (κ1) is 15.7. The van der Waals surface area contributed by atoms with Crippen molar-refractivity contribution in [3.05, 3.63) is 34.4 Å². The molecular weight excluding hydrogens is 310 g/mol. The molecule has 0 radical (unpaired) electrons. The number of hydrogen-bond donors (Lipinski definition) is 0. The first-order valence-electron chi connectivity index (χ1n) is 6.97. The van der Waals surface area contributed by atoms with Crippen LogP contribution in [-0.2, 0) is 18.9 Å². The summed E-state index contributed by atoms with van der Waals surface area (Å²) in [5.74, 6) is -0.0496. The van der Waals surface area contributed by atoms with Gasteiger partial charge in [0.2, 0.25) is 0 Å². The number of carbonyl (C=O) groups excluding carboxylic acids is 1. The highest BCUT2D eigenvalue weighted by Crippen LogP contribution is 2.35. The van der Waals surface area contributed by atoms with E-state index >= 15 is 0 Å². The number of rotatable bonds is 4. The summed E-state index contributed by atoms with van der Waals surface area (Å²) < 4.78 is 26.4. The molecule has 23 heavy (non-hydrogen) atoms. The maximum Gasteiger partial charge on any atom is 0.514 e. The maximum atomic E-state index is 11.9. The third kappa shape index (κ3) is 3.26. The van der Waals surface area contributed by atoms with Crippen LogP contribution in [0.3, 0.4) is 0 Å². The zero-order valence-electron chi connectivity index (χ0n) is 12.2. The Morgan fingerprint density at radius 2 is 1.87 bits per heavy atom. The molecule has 9 nitrogen and oxygen atoms in total. The van der Waals surface area contributed by atoms with Crippen LogP contribution in [0.2, 0.25) is 0 Å². The van der Waals surface area contributed by atoms with Crippen molar-refractivity contribution in [2.24, 2.45) is 5.92 Å². The molecule has 0 spiro atoms. The number of carbonyl (C=O) groups is 1. The minimum absolute atomic E-state index is 0.0937. The molecule has 1 aromatic rings. The fourth-order valence-electron chi connectivity index (χ4n) is 2.68. The quantitative estimate of drug-likeness (QED) is 0.355. The Labute approximate surface area is 131 Å². The molecule has 0 bridgehead atoms. The van der Waals surface area contributed by atoms with Gasteiger partial charge in [0.05, 0.1) is 30.2 Å². The Morgan fingerprint density at radius 1 is 1.22 bits per heavy atom. The molecule has 2 heterocycles. The number of hydrogen-bond acceptors (Lipinski definition) is 8. The van der Waals surface area contributed by atoms with Crippen LogP contribution in [0, 0.1) is 16.0 Å². The number of non-ortho nitro benzene ring substituents is 1. The number of benzene rings is 1. The van der Waals surface area contributed by atoms with Crippen LogP contribution in [0.1, 0.15) is 0 Å². The number of methoxy groups -OCH3 is 1. The van der Waals surface area contributed by atoms with Gasteiger partial charge >= 0.3 is 6.16 Å². The lowest BCUT2D eigenvalue weighted by atomic mass is 10.0. The first-order chi connectivity index (χ1) is 11.1. The molecule has 9 heteroatoms. The topological polar surface area (TPSA) is 106 Å². The molecule has 2 saturated heterocycles. The normalized spacial score (nSPS) is 29.1. The van der Waals surface area contributed by atoms with E-state index in [1.807, 2.05) is 0 Å². The number of nitro groups is 1. The molecule has 2 aliphatic rings. The fourth-order valence-corrected chi connectivity index (χ4v) is 2.68. The Bertz CT molecular complexity index is 589. The molecule has 1 aromatic carbocycles. The maximum absolute atomic E-state index is 11.9. The number of ether oxygens (including phenoxy) is 5. The molecule has 124 valence electrons. The van der Waals surface area contributed by atoms with Gasteiger partial charge in [-0.25, -0.2) is 4.79 Å². The molecule has 3 rings (SSSR count). The molecule has 2 fully saturated rings. The molecular formula is C14H15NO8. The van der Waals surface area contributed by atoms with Crippen molar-refractivity contribution in [3.8, 4) is 5.75 Å². The highest BCUT2D eigenvalue weighted by molar-refractivity contribution is 5.64. The van der Waals surface area contributed by atoms with Crippen LogP contribution in [0.15, 0.2) is 24.3 Å². The van der Waals surface area contributed by atoms with E-state index in [0.29, 0.717) is 6.61 Å². The van der Waals surface area contributed by atoms with E-state index in [4.69, 9.17) is 23.7 Å². The predicted molar refractivity (Wildman–Crippen MR) is 74.0 cm³/mol. The van der Waals surface area contributed by atoms with Crippen LogP contribution in [0.5, 0.6) is 5.75 Å². The Balaban J connectivity index is 1.58. The molecule has 0 saturated carbocycles. The summed E-state index contributed by atoms with van der Waals surface area (Å²) in [5, 5.41) is 10.6. The van der Waals surface area contributed by atoms with E-state index in [1.165, 1.54) is 24.3 Å². The van der Waals surface area contributed by atoms with Gasteiger partial charge in [-0.15, -0.1) is 0 Å². The van der Waals surface area contributed by atoms with Crippen LogP contribution < -0.4 is 4.74 Å². The largest absolute Gasteiger partial charge is 0.514 e. The molecule has 0 amide bonds. The predicted octanol–water partition coefficient (Wildman–Crippen LogP) is 1.50. The Hall–Kier alpha value is -2.23. The third-order valence-corrected chi connectivity index (χ3v) is 3.82. The summed E-state index contributed by atoms with van der Waals surface area (Å²) in [7, 11) is 1.56. The highest BCUT2D eigenvalue weighted by Gasteiger charge is 2.50. The van der Waals surface area contributed by atoms with Crippen molar-refractivity contribution in [1.29, 1.82) is 0 Å². The number of fused-ring (bicyclic) bond motifs is 1. The van der Waals surface area contributed by atoms with E-state index in [2.05, 4.69) is 0 Å². The Kier molecular flexibility index (Phi) is 4.42.